The third-order valence-electron chi connectivity index (χ3n) is 3.94. The fraction of sp³-hybridized carbons (Fsp3) is 0.923. The molecule has 0 aromatic heterocycles. The lowest BCUT2D eigenvalue weighted by atomic mass is 9.87. The van der Waals surface area contributed by atoms with Gasteiger partial charge in [-0.3, -0.25) is 4.79 Å². The van der Waals surface area contributed by atoms with Crippen LogP contribution in [0.1, 0.15) is 32.1 Å². The number of carbonyl (C=O) groups is 1. The maximum atomic E-state index is 10.9. The largest absolute Gasteiger partial charge is 0.500 e. The van der Waals surface area contributed by atoms with Crippen LogP contribution in [-0.4, -0.2) is 53.9 Å². The van der Waals surface area contributed by atoms with Crippen molar-refractivity contribution in [2.75, 3.05) is 27.9 Å². The van der Waals surface area contributed by atoms with Crippen LogP contribution in [0.4, 0.5) is 0 Å². The Bertz CT molecular complexity index is 278. The zero-order valence-corrected chi connectivity index (χ0v) is 13.6. The van der Waals surface area contributed by atoms with Gasteiger partial charge in [0, 0.05) is 34.0 Å². The summed E-state index contributed by atoms with van der Waals surface area (Å²) in [5, 5.41) is 8.93. The van der Waals surface area contributed by atoms with Crippen LogP contribution in [0, 0.1) is 5.92 Å². The Morgan fingerprint density at radius 2 is 1.65 bits per heavy atom. The summed E-state index contributed by atoms with van der Waals surface area (Å²) in [5.74, 6) is -0.870. The van der Waals surface area contributed by atoms with E-state index >= 15 is 0 Å². The maximum Gasteiger partial charge on any atom is 0.500 e. The molecule has 0 aliphatic heterocycles. The van der Waals surface area contributed by atoms with Crippen LogP contribution < -0.4 is 0 Å². The Labute approximate surface area is 121 Å². The minimum absolute atomic E-state index is 0.189. The third-order valence-corrected chi connectivity index (χ3v) is 6.77. The molecule has 0 heterocycles. The molecule has 0 saturated heterocycles. The van der Waals surface area contributed by atoms with Gasteiger partial charge in [-0.25, -0.2) is 0 Å². The second kappa shape index (κ2) is 8.73. The van der Waals surface area contributed by atoms with E-state index in [-0.39, 0.29) is 12.0 Å². The van der Waals surface area contributed by atoms with Crippen molar-refractivity contribution < 1.29 is 27.9 Å². The third kappa shape index (κ3) is 5.14. The number of aliphatic carboxylic acids is 1. The molecule has 0 spiro atoms. The molecule has 1 rings (SSSR count). The number of hydrogen-bond donors (Lipinski definition) is 1. The standard InChI is InChI=1S/C13H26O6Si/c1-16-20(17-2,18-3)10-4-9-19-12-7-5-11(6-8-12)13(14)15/h11-12H,4-10H2,1-3H3,(H,14,15). The molecule has 1 aliphatic carbocycles. The molecular formula is C13H26O6Si. The van der Waals surface area contributed by atoms with E-state index in [9.17, 15) is 4.79 Å². The van der Waals surface area contributed by atoms with Crippen molar-refractivity contribution in [3.8, 4) is 0 Å². The first kappa shape index (κ1) is 17.6. The van der Waals surface area contributed by atoms with Gasteiger partial charge >= 0.3 is 14.8 Å². The SMILES string of the molecule is CO[Si](CCCOC1CCC(C(=O)O)CC1)(OC)OC. The molecule has 0 amide bonds. The molecule has 1 N–H and O–H groups in total. The first-order valence-electron chi connectivity index (χ1n) is 7.06. The number of rotatable bonds is 9. The summed E-state index contributed by atoms with van der Waals surface area (Å²) in [5.41, 5.74) is 0. The van der Waals surface area contributed by atoms with E-state index in [1.807, 2.05) is 0 Å². The van der Waals surface area contributed by atoms with Gasteiger partial charge in [-0.1, -0.05) is 0 Å². The first-order chi connectivity index (χ1) is 9.56. The van der Waals surface area contributed by atoms with E-state index in [4.69, 9.17) is 23.1 Å². The Balaban J connectivity index is 2.18. The maximum absolute atomic E-state index is 10.9. The van der Waals surface area contributed by atoms with Crippen LogP contribution in [0.15, 0.2) is 0 Å². The van der Waals surface area contributed by atoms with Crippen molar-refractivity contribution in [2.24, 2.45) is 5.92 Å². The van der Waals surface area contributed by atoms with Gasteiger partial charge in [0.2, 0.25) is 0 Å². The smallest absolute Gasteiger partial charge is 0.481 e. The van der Waals surface area contributed by atoms with Crippen LogP contribution in [-0.2, 0) is 22.8 Å². The van der Waals surface area contributed by atoms with Crippen LogP contribution in [0.5, 0.6) is 0 Å². The summed E-state index contributed by atoms with van der Waals surface area (Å²) < 4.78 is 21.8. The van der Waals surface area contributed by atoms with Crippen molar-refractivity contribution in [2.45, 2.75) is 44.3 Å². The Morgan fingerprint density at radius 3 is 2.10 bits per heavy atom. The second-order valence-corrected chi connectivity index (χ2v) is 8.17. The lowest BCUT2D eigenvalue weighted by Crippen LogP contribution is -2.42. The van der Waals surface area contributed by atoms with Gasteiger partial charge in [0.1, 0.15) is 0 Å². The predicted octanol–water partition coefficient (Wildman–Crippen LogP) is 1.91. The van der Waals surface area contributed by atoms with Gasteiger partial charge in [0.15, 0.2) is 0 Å². The molecule has 0 aromatic rings. The highest BCUT2D eigenvalue weighted by molar-refractivity contribution is 6.60. The second-order valence-electron chi connectivity index (χ2n) is 5.08. The van der Waals surface area contributed by atoms with E-state index < -0.39 is 14.8 Å². The van der Waals surface area contributed by atoms with E-state index in [1.54, 1.807) is 21.3 Å². The minimum atomic E-state index is -2.49. The molecule has 1 aliphatic rings. The summed E-state index contributed by atoms with van der Waals surface area (Å²) in [4.78, 5) is 10.9. The number of ether oxygens (including phenoxy) is 1. The monoisotopic (exact) mass is 306 g/mol. The summed E-state index contributed by atoms with van der Waals surface area (Å²) in [6.07, 6.45) is 4.10. The summed E-state index contributed by atoms with van der Waals surface area (Å²) >= 11 is 0. The van der Waals surface area contributed by atoms with E-state index in [0.717, 1.165) is 25.3 Å². The highest BCUT2D eigenvalue weighted by Gasteiger charge is 2.37. The van der Waals surface area contributed by atoms with Crippen molar-refractivity contribution in [1.82, 2.24) is 0 Å². The van der Waals surface area contributed by atoms with Gasteiger partial charge < -0.3 is 23.1 Å². The van der Waals surface area contributed by atoms with E-state index in [1.165, 1.54) is 0 Å². The zero-order chi connectivity index (χ0) is 15.0. The molecule has 0 atom stereocenters. The summed E-state index contributed by atoms with van der Waals surface area (Å²) in [6, 6.07) is 0.723. The molecule has 1 fully saturated rings. The number of carboxylic acid groups (broad SMARTS) is 1. The highest BCUT2D eigenvalue weighted by atomic mass is 28.4. The van der Waals surface area contributed by atoms with Gasteiger partial charge in [-0.15, -0.1) is 0 Å². The average molecular weight is 306 g/mol. The normalized spacial score (nSPS) is 23.8. The molecule has 6 nitrogen and oxygen atoms in total. The molecule has 20 heavy (non-hydrogen) atoms. The fourth-order valence-corrected chi connectivity index (χ4v) is 4.26. The van der Waals surface area contributed by atoms with Gasteiger partial charge in [-0.2, -0.15) is 0 Å². The van der Waals surface area contributed by atoms with Crippen molar-refractivity contribution >= 4 is 14.8 Å². The van der Waals surface area contributed by atoms with Crippen molar-refractivity contribution in [1.29, 1.82) is 0 Å². The van der Waals surface area contributed by atoms with Crippen molar-refractivity contribution in [3.63, 3.8) is 0 Å². The van der Waals surface area contributed by atoms with Crippen LogP contribution in [0.3, 0.4) is 0 Å². The molecular weight excluding hydrogens is 280 g/mol. The van der Waals surface area contributed by atoms with Gasteiger partial charge in [-0.05, 0) is 32.1 Å². The van der Waals surface area contributed by atoms with Crippen LogP contribution in [0.25, 0.3) is 0 Å². The summed E-state index contributed by atoms with van der Waals surface area (Å²) in [6.45, 7) is 0.632. The molecule has 1 saturated carbocycles. The molecule has 0 unspecified atom stereocenters. The van der Waals surface area contributed by atoms with Gasteiger partial charge in [0.25, 0.3) is 0 Å². The number of hydrogen-bond acceptors (Lipinski definition) is 5. The molecule has 7 heteroatoms. The minimum Gasteiger partial charge on any atom is -0.481 e. The van der Waals surface area contributed by atoms with E-state index in [2.05, 4.69) is 0 Å². The summed E-state index contributed by atoms with van der Waals surface area (Å²) in [7, 11) is 2.33. The fourth-order valence-electron chi connectivity index (χ4n) is 2.57. The Hall–Kier alpha value is -0.473. The lowest BCUT2D eigenvalue weighted by molar-refractivity contribution is -0.143. The van der Waals surface area contributed by atoms with E-state index in [0.29, 0.717) is 19.4 Å². The quantitative estimate of drug-likeness (QED) is 0.518. The topological polar surface area (TPSA) is 74.2 Å². The molecule has 0 radical (unpaired) electrons. The molecule has 118 valence electrons. The lowest BCUT2D eigenvalue weighted by Gasteiger charge is -2.27. The van der Waals surface area contributed by atoms with Gasteiger partial charge in [0.05, 0.1) is 12.0 Å². The average Bonchev–Trinajstić information content (AvgIpc) is 2.49. The highest BCUT2D eigenvalue weighted by Crippen LogP contribution is 2.26. The first-order valence-corrected chi connectivity index (χ1v) is 9.00. The van der Waals surface area contributed by atoms with Crippen LogP contribution in [0.2, 0.25) is 6.04 Å². The molecule has 0 aromatic carbocycles. The van der Waals surface area contributed by atoms with Crippen molar-refractivity contribution in [3.05, 3.63) is 0 Å². The predicted molar refractivity (Wildman–Crippen MR) is 75.5 cm³/mol. The molecule has 0 bridgehead atoms. The zero-order valence-electron chi connectivity index (χ0n) is 12.6. The Morgan fingerprint density at radius 1 is 1.10 bits per heavy atom. The number of carboxylic acids is 1. The van der Waals surface area contributed by atoms with Crippen LogP contribution >= 0.6 is 0 Å². The Kier molecular flexibility index (Phi) is 7.68.